The van der Waals surface area contributed by atoms with Gasteiger partial charge in [0.05, 0.1) is 24.3 Å². The molecule has 5 rings (SSSR count). The van der Waals surface area contributed by atoms with Gasteiger partial charge in [0.25, 0.3) is 0 Å². The Balaban J connectivity index is 1.28. The number of aromatic nitrogens is 3. The highest BCUT2D eigenvalue weighted by Crippen LogP contribution is 2.40. The summed E-state index contributed by atoms with van der Waals surface area (Å²) in [6.45, 7) is 10.7. The number of ether oxygens (including phenoxy) is 2. The van der Waals surface area contributed by atoms with Crippen molar-refractivity contribution in [3.63, 3.8) is 0 Å². The topological polar surface area (TPSA) is 89.5 Å². The summed E-state index contributed by atoms with van der Waals surface area (Å²) < 4.78 is 41.0. The molecule has 3 aromatic rings. The van der Waals surface area contributed by atoms with Gasteiger partial charge in [0, 0.05) is 17.8 Å². The molecule has 0 radical (unpaired) electrons. The Labute approximate surface area is 239 Å². The zero-order valence-corrected chi connectivity index (χ0v) is 24.2. The van der Waals surface area contributed by atoms with Crippen LogP contribution in [-0.2, 0) is 9.53 Å². The first-order valence-electron chi connectivity index (χ1n) is 14.2. The molecule has 0 bridgehead atoms. The van der Waals surface area contributed by atoms with E-state index in [1.165, 1.54) is 6.07 Å². The Bertz CT molecular complexity index is 1400. The number of halogens is 2. The summed E-state index contributed by atoms with van der Waals surface area (Å²) in [6.07, 6.45) is 6.23. The molecule has 1 N–H and O–H groups in total. The predicted octanol–water partition coefficient (Wildman–Crippen LogP) is 6.78. The minimum atomic E-state index is -0.659. The number of esters is 1. The van der Waals surface area contributed by atoms with E-state index in [-0.39, 0.29) is 35.3 Å². The first-order valence-corrected chi connectivity index (χ1v) is 14.2. The van der Waals surface area contributed by atoms with Crippen LogP contribution in [0.4, 0.5) is 26.2 Å². The summed E-state index contributed by atoms with van der Waals surface area (Å²) >= 11 is 0. The van der Waals surface area contributed by atoms with Gasteiger partial charge >= 0.3 is 5.97 Å². The first-order chi connectivity index (χ1) is 19.5. The average Bonchev–Trinajstić information content (AvgIpc) is 2.93. The lowest BCUT2D eigenvalue weighted by molar-refractivity contribution is -0.161. The van der Waals surface area contributed by atoms with E-state index in [2.05, 4.69) is 20.3 Å². The second-order valence-electron chi connectivity index (χ2n) is 12.0. The van der Waals surface area contributed by atoms with Crippen molar-refractivity contribution in [1.82, 2.24) is 15.0 Å². The SMILES string of the molecule is CC(C)N1CCOc2c(F)cc(-c3nc(Nc4ccc(C5CCC(C(=O)OC(C)(C)C)CC5)cn4)ncc3F)cc21. The summed E-state index contributed by atoms with van der Waals surface area (Å²) in [7, 11) is 0. The smallest absolute Gasteiger partial charge is 0.309 e. The molecule has 10 heteroatoms. The molecule has 1 fully saturated rings. The zero-order chi connectivity index (χ0) is 29.3. The van der Waals surface area contributed by atoms with Crippen LogP contribution in [0.15, 0.2) is 36.7 Å². The molecule has 1 aliphatic carbocycles. The van der Waals surface area contributed by atoms with E-state index in [0.717, 1.165) is 37.4 Å². The number of hydrogen-bond acceptors (Lipinski definition) is 8. The number of fused-ring (bicyclic) bond motifs is 1. The van der Waals surface area contributed by atoms with Gasteiger partial charge in [-0.1, -0.05) is 6.07 Å². The molecule has 0 atom stereocenters. The van der Waals surface area contributed by atoms with E-state index in [4.69, 9.17) is 9.47 Å². The third kappa shape index (κ3) is 6.57. The van der Waals surface area contributed by atoms with Crippen LogP contribution in [0.3, 0.4) is 0 Å². The normalized spacial score (nSPS) is 19.0. The van der Waals surface area contributed by atoms with Crippen LogP contribution in [0.2, 0.25) is 0 Å². The van der Waals surface area contributed by atoms with Gasteiger partial charge in [-0.2, -0.15) is 0 Å². The maximum absolute atomic E-state index is 15.0. The quantitative estimate of drug-likeness (QED) is 0.327. The van der Waals surface area contributed by atoms with Crippen LogP contribution in [0.1, 0.15) is 71.8 Å². The lowest BCUT2D eigenvalue weighted by Gasteiger charge is -2.34. The molecule has 3 heterocycles. The fourth-order valence-corrected chi connectivity index (χ4v) is 5.49. The molecule has 8 nitrogen and oxygen atoms in total. The maximum Gasteiger partial charge on any atom is 0.309 e. The van der Waals surface area contributed by atoms with E-state index in [0.29, 0.717) is 36.1 Å². The van der Waals surface area contributed by atoms with Gasteiger partial charge in [-0.25, -0.2) is 23.7 Å². The minimum absolute atomic E-state index is 0.0168. The van der Waals surface area contributed by atoms with Crippen molar-refractivity contribution < 1.29 is 23.0 Å². The number of benzene rings is 1. The van der Waals surface area contributed by atoms with Crippen LogP contribution in [0, 0.1) is 17.6 Å². The van der Waals surface area contributed by atoms with Gasteiger partial charge in [0.2, 0.25) is 5.95 Å². The summed E-state index contributed by atoms with van der Waals surface area (Å²) in [6, 6.07) is 6.89. The second kappa shape index (κ2) is 11.6. The van der Waals surface area contributed by atoms with Crippen molar-refractivity contribution in [2.24, 2.45) is 5.92 Å². The summed E-state index contributed by atoms with van der Waals surface area (Å²) in [5.74, 6) is -0.258. The van der Waals surface area contributed by atoms with Gasteiger partial charge < -0.3 is 19.7 Å². The third-order valence-corrected chi connectivity index (χ3v) is 7.52. The Hall–Kier alpha value is -3.82. The van der Waals surface area contributed by atoms with Crippen LogP contribution in [-0.4, -0.2) is 45.7 Å². The average molecular weight is 566 g/mol. The van der Waals surface area contributed by atoms with Gasteiger partial charge in [-0.15, -0.1) is 0 Å². The van der Waals surface area contributed by atoms with Crippen molar-refractivity contribution in [2.75, 3.05) is 23.4 Å². The third-order valence-electron chi connectivity index (χ3n) is 7.52. The highest BCUT2D eigenvalue weighted by molar-refractivity contribution is 5.73. The van der Waals surface area contributed by atoms with Crippen LogP contribution in [0.5, 0.6) is 5.75 Å². The Morgan fingerprint density at radius 1 is 1.07 bits per heavy atom. The molecule has 41 heavy (non-hydrogen) atoms. The molecule has 1 aliphatic heterocycles. The van der Waals surface area contributed by atoms with Crippen LogP contribution >= 0.6 is 0 Å². The Morgan fingerprint density at radius 2 is 1.83 bits per heavy atom. The monoisotopic (exact) mass is 565 g/mol. The second-order valence-corrected chi connectivity index (χ2v) is 12.0. The first kappa shape index (κ1) is 28.7. The van der Waals surface area contributed by atoms with Crippen molar-refractivity contribution in [3.8, 4) is 17.0 Å². The van der Waals surface area contributed by atoms with E-state index in [1.807, 2.05) is 57.8 Å². The van der Waals surface area contributed by atoms with E-state index in [1.54, 1.807) is 6.07 Å². The number of carbonyl (C=O) groups is 1. The maximum atomic E-state index is 15.0. The van der Waals surface area contributed by atoms with Crippen molar-refractivity contribution in [2.45, 2.75) is 77.9 Å². The van der Waals surface area contributed by atoms with Crippen LogP contribution < -0.4 is 15.0 Å². The molecule has 218 valence electrons. The van der Waals surface area contributed by atoms with Crippen molar-refractivity contribution >= 4 is 23.4 Å². The molecule has 0 saturated heterocycles. The fourth-order valence-electron chi connectivity index (χ4n) is 5.49. The number of pyridine rings is 1. The molecule has 1 aromatic carbocycles. The van der Waals surface area contributed by atoms with E-state index < -0.39 is 17.2 Å². The highest BCUT2D eigenvalue weighted by atomic mass is 19.1. The lowest BCUT2D eigenvalue weighted by atomic mass is 9.79. The lowest BCUT2D eigenvalue weighted by Crippen LogP contribution is -2.38. The van der Waals surface area contributed by atoms with Crippen molar-refractivity contribution in [3.05, 3.63) is 53.9 Å². The number of anilines is 3. The van der Waals surface area contributed by atoms with Crippen LogP contribution in [0.25, 0.3) is 11.3 Å². The summed E-state index contributed by atoms with van der Waals surface area (Å²) in [5.41, 5.74) is 1.48. The standard InChI is InChI=1S/C31H37F2N5O3/c1-18(2)38-12-13-40-28-23(32)14-22(15-25(28)38)27-24(33)17-35-30(37-27)36-26-11-10-21(16-34-26)19-6-8-20(9-7-19)29(39)41-31(3,4)5/h10-11,14-20H,6-9,12-13H2,1-5H3,(H,34,35,36,37). The zero-order valence-electron chi connectivity index (χ0n) is 24.2. The van der Waals surface area contributed by atoms with Gasteiger partial charge in [-0.3, -0.25) is 4.79 Å². The van der Waals surface area contributed by atoms with Gasteiger partial charge in [0.15, 0.2) is 17.4 Å². The molecule has 2 aromatic heterocycles. The summed E-state index contributed by atoms with van der Waals surface area (Å²) in [4.78, 5) is 27.4. The number of rotatable bonds is 6. The number of nitrogens with one attached hydrogen (secondary N) is 1. The Kier molecular flexibility index (Phi) is 8.11. The highest BCUT2D eigenvalue weighted by Gasteiger charge is 2.31. The fraction of sp³-hybridized carbons (Fsp3) is 0.484. The predicted molar refractivity (Wildman–Crippen MR) is 153 cm³/mol. The van der Waals surface area contributed by atoms with Crippen molar-refractivity contribution in [1.29, 1.82) is 0 Å². The molecule has 0 amide bonds. The number of carbonyl (C=O) groups excluding carboxylic acids is 1. The largest absolute Gasteiger partial charge is 0.486 e. The van der Waals surface area contributed by atoms with E-state index in [9.17, 15) is 13.6 Å². The molecule has 1 saturated carbocycles. The number of hydrogen-bond donors (Lipinski definition) is 1. The molecular formula is C31H37F2N5O3. The number of nitrogens with zero attached hydrogens (tertiary/aromatic N) is 4. The van der Waals surface area contributed by atoms with E-state index >= 15 is 0 Å². The van der Waals surface area contributed by atoms with Gasteiger partial charge in [-0.05, 0) is 90.0 Å². The Morgan fingerprint density at radius 3 is 2.49 bits per heavy atom. The molecular weight excluding hydrogens is 528 g/mol. The molecule has 0 spiro atoms. The van der Waals surface area contributed by atoms with Gasteiger partial charge in [0.1, 0.15) is 23.7 Å². The molecule has 2 aliphatic rings. The summed E-state index contributed by atoms with van der Waals surface area (Å²) in [5, 5.41) is 3.03. The minimum Gasteiger partial charge on any atom is -0.486 e. The molecule has 0 unspecified atom stereocenters.